The standard InChI is InChI=1S/C7H8N6OS/c1-2-4-9-5(12-11-4)6(14)10-7-13-8-3-15-7/h3H,2H2,1H3,(H,9,11,12)(H,10,13,14). The predicted octanol–water partition coefficient (Wildman–Crippen LogP) is 0.471. The Labute approximate surface area is 89.0 Å². The van der Waals surface area contributed by atoms with Crippen LogP contribution >= 0.6 is 11.3 Å². The molecule has 0 saturated heterocycles. The van der Waals surface area contributed by atoms with Crippen LogP contribution < -0.4 is 5.32 Å². The van der Waals surface area contributed by atoms with Gasteiger partial charge in [0, 0.05) is 6.42 Å². The highest BCUT2D eigenvalue weighted by atomic mass is 32.1. The lowest BCUT2D eigenvalue weighted by atomic mass is 10.5. The molecule has 2 aromatic rings. The van der Waals surface area contributed by atoms with E-state index in [1.54, 1.807) is 0 Å². The number of carbonyl (C=O) groups is 1. The zero-order valence-corrected chi connectivity index (χ0v) is 8.71. The van der Waals surface area contributed by atoms with Crippen LogP contribution in [0.25, 0.3) is 0 Å². The number of aromatic amines is 1. The Balaban J connectivity index is 2.08. The van der Waals surface area contributed by atoms with Crippen molar-refractivity contribution in [1.29, 1.82) is 0 Å². The normalized spacial score (nSPS) is 10.2. The molecule has 0 aromatic carbocycles. The summed E-state index contributed by atoms with van der Waals surface area (Å²) < 4.78 is 0. The van der Waals surface area contributed by atoms with Gasteiger partial charge in [-0.1, -0.05) is 18.3 Å². The maximum absolute atomic E-state index is 11.5. The van der Waals surface area contributed by atoms with E-state index in [9.17, 15) is 4.79 Å². The van der Waals surface area contributed by atoms with Crippen molar-refractivity contribution in [3.8, 4) is 0 Å². The molecule has 2 N–H and O–H groups in total. The first-order chi connectivity index (χ1) is 7.29. The zero-order valence-electron chi connectivity index (χ0n) is 7.89. The Morgan fingerprint density at radius 2 is 2.53 bits per heavy atom. The molecule has 7 nitrogen and oxygen atoms in total. The molecule has 0 saturated carbocycles. The van der Waals surface area contributed by atoms with E-state index in [0.717, 1.165) is 0 Å². The van der Waals surface area contributed by atoms with Crippen molar-refractivity contribution in [3.63, 3.8) is 0 Å². The molecule has 0 bridgehead atoms. The summed E-state index contributed by atoms with van der Waals surface area (Å²) in [4.78, 5) is 15.5. The molecule has 2 heterocycles. The highest BCUT2D eigenvalue weighted by Crippen LogP contribution is 2.08. The first kappa shape index (κ1) is 9.71. The summed E-state index contributed by atoms with van der Waals surface area (Å²) in [6.07, 6.45) is 0.707. The average molecular weight is 224 g/mol. The Morgan fingerprint density at radius 3 is 3.13 bits per heavy atom. The molecule has 2 rings (SSSR count). The Hall–Kier alpha value is -1.83. The van der Waals surface area contributed by atoms with Gasteiger partial charge in [0.15, 0.2) is 0 Å². The van der Waals surface area contributed by atoms with Gasteiger partial charge in [0.05, 0.1) is 0 Å². The monoisotopic (exact) mass is 224 g/mol. The lowest BCUT2D eigenvalue weighted by Gasteiger charge is -1.93. The topological polar surface area (TPSA) is 96.5 Å². The highest BCUT2D eigenvalue weighted by Gasteiger charge is 2.13. The van der Waals surface area contributed by atoms with Crippen molar-refractivity contribution in [1.82, 2.24) is 25.4 Å². The molecule has 0 unspecified atom stereocenters. The predicted molar refractivity (Wildman–Crippen MR) is 53.6 cm³/mol. The largest absolute Gasteiger partial charge is 0.297 e. The third kappa shape index (κ3) is 2.15. The SMILES string of the molecule is CCc1nc(C(=O)Nc2nncs2)n[nH]1. The van der Waals surface area contributed by atoms with Crippen molar-refractivity contribution in [2.75, 3.05) is 5.32 Å². The molecule has 0 atom stereocenters. The Morgan fingerprint density at radius 1 is 1.67 bits per heavy atom. The number of aromatic nitrogens is 5. The number of anilines is 1. The number of nitrogens with one attached hydrogen (secondary N) is 2. The smallest absolute Gasteiger partial charge is 0.294 e. The molecule has 0 fully saturated rings. The third-order valence-corrected chi connectivity index (χ3v) is 2.26. The fraction of sp³-hybridized carbons (Fsp3) is 0.286. The van der Waals surface area contributed by atoms with Gasteiger partial charge in [-0.3, -0.25) is 15.2 Å². The number of H-pyrrole nitrogens is 1. The molecular weight excluding hydrogens is 216 g/mol. The number of carbonyl (C=O) groups excluding carboxylic acids is 1. The summed E-state index contributed by atoms with van der Waals surface area (Å²) in [5.74, 6) is 0.405. The van der Waals surface area contributed by atoms with Crippen LogP contribution in [0.1, 0.15) is 23.4 Å². The molecule has 0 aliphatic heterocycles. The van der Waals surface area contributed by atoms with Crippen LogP contribution in [0.2, 0.25) is 0 Å². The van der Waals surface area contributed by atoms with E-state index in [0.29, 0.717) is 17.4 Å². The van der Waals surface area contributed by atoms with Gasteiger partial charge >= 0.3 is 0 Å². The average Bonchev–Trinajstić information content (AvgIpc) is 2.86. The van der Waals surface area contributed by atoms with Crippen molar-refractivity contribution >= 4 is 22.4 Å². The van der Waals surface area contributed by atoms with Gasteiger partial charge in [-0.05, 0) is 0 Å². The van der Waals surface area contributed by atoms with E-state index < -0.39 is 0 Å². The van der Waals surface area contributed by atoms with E-state index in [1.807, 2.05) is 6.92 Å². The fourth-order valence-corrected chi connectivity index (χ4v) is 1.38. The van der Waals surface area contributed by atoms with Gasteiger partial charge in [-0.15, -0.1) is 15.3 Å². The molecule has 0 aliphatic rings. The maximum Gasteiger partial charge on any atom is 0.297 e. The van der Waals surface area contributed by atoms with Crippen LogP contribution in [-0.4, -0.2) is 31.3 Å². The molecule has 2 aromatic heterocycles. The first-order valence-electron chi connectivity index (χ1n) is 4.28. The number of rotatable bonds is 3. The molecule has 1 amide bonds. The third-order valence-electron chi connectivity index (χ3n) is 1.65. The van der Waals surface area contributed by atoms with E-state index in [4.69, 9.17) is 0 Å². The van der Waals surface area contributed by atoms with Gasteiger partial charge in [0.1, 0.15) is 11.3 Å². The van der Waals surface area contributed by atoms with Crippen molar-refractivity contribution in [3.05, 3.63) is 17.2 Å². The lowest BCUT2D eigenvalue weighted by molar-refractivity contribution is 0.101. The van der Waals surface area contributed by atoms with Gasteiger partial charge in [-0.25, -0.2) is 4.98 Å². The minimum atomic E-state index is -0.386. The summed E-state index contributed by atoms with van der Waals surface area (Å²) in [6.45, 7) is 1.92. The van der Waals surface area contributed by atoms with Crippen LogP contribution in [-0.2, 0) is 6.42 Å². The number of hydrogen-bond donors (Lipinski definition) is 2. The minimum Gasteiger partial charge on any atom is -0.294 e. The minimum absolute atomic E-state index is 0.113. The fourth-order valence-electron chi connectivity index (χ4n) is 0.936. The van der Waals surface area contributed by atoms with E-state index in [-0.39, 0.29) is 11.7 Å². The number of nitrogens with zero attached hydrogens (tertiary/aromatic N) is 4. The quantitative estimate of drug-likeness (QED) is 0.790. The Kier molecular flexibility index (Phi) is 2.68. The van der Waals surface area contributed by atoms with Gasteiger partial charge in [0.2, 0.25) is 11.0 Å². The number of amides is 1. The number of aryl methyl sites for hydroxylation is 1. The van der Waals surface area contributed by atoms with Crippen molar-refractivity contribution in [2.24, 2.45) is 0 Å². The molecule has 0 radical (unpaired) electrons. The summed E-state index contributed by atoms with van der Waals surface area (Å²) in [5, 5.41) is 16.7. The second-order valence-corrected chi connectivity index (χ2v) is 3.49. The van der Waals surface area contributed by atoms with E-state index in [1.165, 1.54) is 16.8 Å². The van der Waals surface area contributed by atoms with Crippen LogP contribution in [0.5, 0.6) is 0 Å². The molecular formula is C7H8N6OS. The summed E-state index contributed by atoms with van der Waals surface area (Å²) in [7, 11) is 0. The second-order valence-electron chi connectivity index (χ2n) is 2.66. The highest BCUT2D eigenvalue weighted by molar-refractivity contribution is 7.13. The Bertz CT molecular complexity index is 450. The molecule has 0 spiro atoms. The summed E-state index contributed by atoms with van der Waals surface area (Å²) in [5.41, 5.74) is 1.53. The van der Waals surface area contributed by atoms with E-state index >= 15 is 0 Å². The zero-order chi connectivity index (χ0) is 10.7. The van der Waals surface area contributed by atoms with Crippen LogP contribution in [0.3, 0.4) is 0 Å². The van der Waals surface area contributed by atoms with Gasteiger partial charge < -0.3 is 0 Å². The van der Waals surface area contributed by atoms with Gasteiger partial charge in [0.25, 0.3) is 5.91 Å². The molecule has 0 aliphatic carbocycles. The second kappa shape index (κ2) is 4.13. The molecule has 78 valence electrons. The number of hydrogen-bond acceptors (Lipinski definition) is 6. The summed E-state index contributed by atoms with van der Waals surface area (Å²) in [6, 6.07) is 0. The van der Waals surface area contributed by atoms with Crippen molar-refractivity contribution < 1.29 is 4.79 Å². The van der Waals surface area contributed by atoms with Gasteiger partial charge in [-0.2, -0.15) is 0 Å². The van der Waals surface area contributed by atoms with Crippen LogP contribution in [0.4, 0.5) is 5.13 Å². The van der Waals surface area contributed by atoms with E-state index in [2.05, 4.69) is 30.7 Å². The van der Waals surface area contributed by atoms with Crippen molar-refractivity contribution in [2.45, 2.75) is 13.3 Å². The van der Waals surface area contributed by atoms with Crippen LogP contribution in [0.15, 0.2) is 5.51 Å². The van der Waals surface area contributed by atoms with Crippen LogP contribution in [0, 0.1) is 0 Å². The summed E-state index contributed by atoms with van der Waals surface area (Å²) >= 11 is 1.24. The lowest BCUT2D eigenvalue weighted by Crippen LogP contribution is -2.13. The molecule has 15 heavy (non-hydrogen) atoms. The molecule has 8 heteroatoms. The first-order valence-corrected chi connectivity index (χ1v) is 5.16. The maximum atomic E-state index is 11.5.